The number of urea groups is 1. The van der Waals surface area contributed by atoms with Gasteiger partial charge in [0.2, 0.25) is 100 Å². The number of nitrogens with zero attached hydrogens (tertiary/aromatic N) is 10. The number of amides is 19. The zero-order valence-electron chi connectivity index (χ0n) is 82.3. The SMILES string of the molecule is CC(O)[C@H]1NC(=O)[C@@H](Cc2c[nH]cn2)NC(=O)CNC(=O)[C@@H](N)CCCCn2cc(nn2)C[C@@H](C(=O)N[C@@H](CCCCNC(=O)CCCC[C@@H]2SC[C@@H]3NC(=O)N[C@@H]32)C(=O)NCCOCC(=O)N[C@H]2CCCCn3cc(nn3)C[C@@H](C(N)=O)NC(=O)[C@@H](Cc3c[nH]cn3)NC(=O)CNC(=O)[C@@H](CCCNC(=N)N)NC(=O)CNC(=O)[C@@H](Cc3c[nH]cn3)NC2=O)NC(=O)[C@H]2CCCN2C(=O)[C@@H](Cc2c[nH]c3ccccc23)NC1=O. The van der Waals surface area contributed by atoms with Crippen molar-refractivity contribution in [2.75, 3.05) is 64.8 Å². The number of rotatable bonds is 33. The van der Waals surface area contributed by atoms with E-state index in [4.69, 9.17) is 27.3 Å². The molecule has 12 rings (SSSR count). The van der Waals surface area contributed by atoms with E-state index in [1.54, 1.807) is 42.2 Å². The van der Waals surface area contributed by atoms with Crippen molar-refractivity contribution in [2.24, 2.45) is 17.2 Å². The van der Waals surface area contributed by atoms with E-state index in [9.17, 15) is 77.0 Å². The van der Waals surface area contributed by atoms with Gasteiger partial charge in [0.25, 0.3) is 0 Å². The summed E-state index contributed by atoms with van der Waals surface area (Å²) in [6.45, 7) is -1.82. The average molecular weight is 2090 g/mol. The lowest BCUT2D eigenvalue weighted by Crippen LogP contribution is -2.62. The fourth-order valence-corrected chi connectivity index (χ4v) is 19.3. The standard InChI is InChI=1S/C92H132N36O20S/c1-50(129)77-89(145)118-68(30-51-36-103-59-16-3-2-14-57(51)59)90(146)128-28-13-20-70(128)88(144)117-67(35-56-44-126(125-123-56)26-10-7-15-58(93)80(136)104-40-74(132)113-66(87(143)120-77)33-54-39-99-49-109-54)86(142)114-61(17-6-9-23-100-72(130)22-5-4-21-71-78-69(46-149-71)119-92(147)121-78)81(137)101-25-29-148-45-76(134)111-62-18-8-11-27-127-43-55(122-124-127)34-63(79(94)135)115-85(141)65(32-53-38-98-48-108-53)112-75(133)42-105-82(138)60(19-12-24-102-91(95)96)110-73(131)41-106-83(139)64(116-84(62)140)31-52-37-97-47-107-52/h2-3,14,16,36-39,43-44,47-50,58,60-71,77-78,103,129H,4-13,15,17-35,40-42,45-46,93H2,1H3,(H2,94,135)(H,97,107)(H,98,108)(H,99,109)(H,100,130)(H,101,137)(H,104,136)(H,105,138)(H,106,139)(H,110,131)(H,111,134)(H,112,133)(H,113,132)(H,114,142)(H,115,141)(H,116,140)(H,117,144)(H,118,145)(H,120,143)(H4,95,96,102)(H2,119,121,147)/t50?,58-,60+,61-,62-,63-,64+,65+,66+,67-,68+,69-,70+,71-,77+,78-/m0/s1. The number of imidazole rings is 3. The zero-order valence-corrected chi connectivity index (χ0v) is 83.1. The van der Waals surface area contributed by atoms with Crippen LogP contribution in [0.1, 0.15) is 150 Å². The van der Waals surface area contributed by atoms with Crippen molar-refractivity contribution >= 4 is 135 Å². The lowest BCUT2D eigenvalue weighted by molar-refractivity contribution is -0.143. The minimum absolute atomic E-state index is 0.00488. The number of hydrogen-bond acceptors (Lipinski definition) is 30. The Balaban J connectivity index is 0.755. The molecule has 0 aliphatic carbocycles. The number of carbonyl (C=O) groups is 18. The van der Waals surface area contributed by atoms with Crippen LogP contribution >= 0.6 is 11.8 Å². The van der Waals surface area contributed by atoms with Gasteiger partial charge in [0.05, 0.1) is 97.9 Å². The Morgan fingerprint density at radius 2 is 1.15 bits per heavy atom. The van der Waals surface area contributed by atoms with Crippen LogP contribution in [-0.4, -0.2) is 348 Å². The number of aliphatic hydroxyl groups is 1. The summed E-state index contributed by atoms with van der Waals surface area (Å²) in [6.07, 6.45) is 14.0. The first-order chi connectivity index (χ1) is 71.7. The number of primary amides is 1. The molecule has 3 saturated heterocycles. The van der Waals surface area contributed by atoms with E-state index >= 15 is 14.4 Å². The highest BCUT2D eigenvalue weighted by molar-refractivity contribution is 8.00. The second kappa shape index (κ2) is 56.4. The predicted molar refractivity (Wildman–Crippen MR) is 530 cm³/mol. The molecule has 57 heteroatoms. The first kappa shape index (κ1) is 112. The molecule has 19 amide bonds. The van der Waals surface area contributed by atoms with Crippen molar-refractivity contribution in [3.63, 3.8) is 0 Å². The molecule has 5 aliphatic rings. The van der Waals surface area contributed by atoms with Crippen LogP contribution in [-0.2, 0) is 138 Å². The Bertz CT molecular complexity index is 5760. The predicted octanol–water partition coefficient (Wildman–Crippen LogP) is -8.57. The number of benzene rings is 1. The van der Waals surface area contributed by atoms with Crippen LogP contribution in [0.15, 0.2) is 80.4 Å². The van der Waals surface area contributed by atoms with Gasteiger partial charge in [-0.05, 0) is 115 Å². The molecule has 1 unspecified atom stereocenters. The third-order valence-electron chi connectivity index (χ3n) is 25.7. The number of nitrogens with two attached hydrogens (primary N) is 3. The maximum atomic E-state index is 15.5. The van der Waals surface area contributed by atoms with E-state index in [1.807, 2.05) is 0 Å². The molecule has 1 aromatic carbocycles. The van der Waals surface area contributed by atoms with Gasteiger partial charge in [-0.3, -0.25) is 96.3 Å². The van der Waals surface area contributed by atoms with E-state index in [-0.39, 0.29) is 207 Å². The first-order valence-electron chi connectivity index (χ1n) is 49.7. The van der Waals surface area contributed by atoms with Crippen molar-refractivity contribution < 1.29 is 96.1 Å². The molecule has 4 bridgehead atoms. The lowest BCUT2D eigenvalue weighted by atomic mass is 10.0. The highest BCUT2D eigenvalue weighted by atomic mass is 32.2. The van der Waals surface area contributed by atoms with Crippen LogP contribution in [0.5, 0.6) is 0 Å². The number of aryl methyl sites for hydroxylation is 2. The lowest BCUT2D eigenvalue weighted by Gasteiger charge is -2.31. The Hall–Kier alpha value is -15.6. The maximum absolute atomic E-state index is 15.5. The molecule has 30 N–H and O–H groups in total. The quantitative estimate of drug-likeness (QED) is 0.00786. The Morgan fingerprint density at radius 1 is 0.557 bits per heavy atom. The molecule has 149 heavy (non-hydrogen) atoms. The smallest absolute Gasteiger partial charge is 0.315 e. The van der Waals surface area contributed by atoms with E-state index < -0.39 is 199 Å². The van der Waals surface area contributed by atoms with E-state index in [0.717, 1.165) is 18.6 Å². The summed E-state index contributed by atoms with van der Waals surface area (Å²) in [6, 6.07) is -10.3. The summed E-state index contributed by atoms with van der Waals surface area (Å²) in [5.41, 5.74) is 20.1. The molecule has 5 aliphatic heterocycles. The number of para-hydroxylation sites is 1. The second-order valence-electron chi connectivity index (χ2n) is 37.1. The molecule has 0 radical (unpaired) electrons. The molecule has 16 atom stereocenters. The number of aromatic amines is 4. The van der Waals surface area contributed by atoms with Gasteiger partial charge in [0, 0.05) is 143 Å². The number of unbranched alkanes of at least 4 members (excludes halogenated alkanes) is 2. The minimum atomic E-state index is -1.79. The van der Waals surface area contributed by atoms with Gasteiger partial charge in [-0.2, -0.15) is 11.8 Å². The van der Waals surface area contributed by atoms with Crippen molar-refractivity contribution in [1.82, 2.24) is 165 Å². The molecule has 806 valence electrons. The van der Waals surface area contributed by atoms with Crippen molar-refractivity contribution in [3.05, 3.63) is 114 Å². The van der Waals surface area contributed by atoms with Gasteiger partial charge in [0.15, 0.2) is 5.96 Å². The summed E-state index contributed by atoms with van der Waals surface area (Å²) in [7, 11) is 0. The Morgan fingerprint density at radius 3 is 1.78 bits per heavy atom. The summed E-state index contributed by atoms with van der Waals surface area (Å²) < 4.78 is 8.71. The number of ether oxygens (including phenoxy) is 1. The van der Waals surface area contributed by atoms with Gasteiger partial charge in [-0.1, -0.05) is 35.0 Å². The summed E-state index contributed by atoms with van der Waals surface area (Å²) in [4.78, 5) is 280. The van der Waals surface area contributed by atoms with Crippen molar-refractivity contribution in [1.29, 1.82) is 5.41 Å². The van der Waals surface area contributed by atoms with Crippen LogP contribution in [0.4, 0.5) is 4.79 Å². The van der Waals surface area contributed by atoms with Gasteiger partial charge in [-0.25, -0.2) is 19.7 Å². The van der Waals surface area contributed by atoms with Crippen molar-refractivity contribution in [3.8, 4) is 0 Å². The third kappa shape index (κ3) is 35.1. The normalized spacial score (nSPS) is 23.9. The Labute approximate surface area is 858 Å². The summed E-state index contributed by atoms with van der Waals surface area (Å²) >= 11 is 1.77. The Kier molecular flexibility index (Phi) is 42.4. The van der Waals surface area contributed by atoms with E-state index in [2.05, 4.69) is 151 Å². The number of thioether (sulfide) groups is 1. The molecule has 3 fully saturated rings. The first-order valence-corrected chi connectivity index (χ1v) is 50.8. The number of hydrogen-bond donors (Lipinski definition) is 27. The van der Waals surface area contributed by atoms with E-state index in [1.165, 1.54) is 71.2 Å². The summed E-state index contributed by atoms with van der Waals surface area (Å²) in [5.74, 6) is -13.8. The molecule has 11 heterocycles. The number of carbonyl (C=O) groups excluding carboxylic acids is 18. The summed E-state index contributed by atoms with van der Waals surface area (Å²) in [5, 5.41) is 84.8. The number of aromatic nitrogens is 13. The average Bonchev–Trinajstić information content (AvgIpc) is 1.67. The fraction of sp³-hybridized carbons (Fsp3) is 0.565. The van der Waals surface area contributed by atoms with Crippen LogP contribution < -0.4 is 113 Å². The number of H-pyrrole nitrogens is 4. The highest BCUT2D eigenvalue weighted by Gasteiger charge is 2.45. The number of guanidine groups is 1. The molecule has 0 saturated carbocycles. The number of aliphatic hydroxyl groups excluding tert-OH is 1. The largest absolute Gasteiger partial charge is 0.391 e. The van der Waals surface area contributed by atoms with Gasteiger partial charge in [0.1, 0.15) is 73.1 Å². The van der Waals surface area contributed by atoms with Crippen LogP contribution in [0.3, 0.4) is 0 Å². The van der Waals surface area contributed by atoms with Gasteiger partial charge >= 0.3 is 6.03 Å². The molecular formula is C92H132N36O20S. The monoisotopic (exact) mass is 2090 g/mol. The topological polar surface area (TPSA) is 822 Å². The molecule has 56 nitrogen and oxygen atoms in total. The van der Waals surface area contributed by atoms with E-state index in [0.29, 0.717) is 53.5 Å². The molecule has 6 aromatic heterocycles. The number of fused-ring (bicyclic) bond motifs is 7. The van der Waals surface area contributed by atoms with Crippen LogP contribution in [0.25, 0.3) is 10.9 Å². The van der Waals surface area contributed by atoms with Crippen LogP contribution in [0.2, 0.25) is 0 Å². The van der Waals surface area contributed by atoms with Crippen LogP contribution in [0, 0.1) is 5.41 Å². The number of nitrogens with one attached hydrogen (secondary N) is 23. The molecule has 0 spiro atoms. The zero-order chi connectivity index (χ0) is 106. The second-order valence-corrected chi connectivity index (χ2v) is 38.4. The molecule has 7 aromatic rings. The minimum Gasteiger partial charge on any atom is -0.391 e. The third-order valence-corrected chi connectivity index (χ3v) is 27.2. The fourth-order valence-electron chi connectivity index (χ4n) is 17.8. The van der Waals surface area contributed by atoms with Gasteiger partial charge < -0.3 is 148 Å². The highest BCUT2D eigenvalue weighted by Crippen LogP contribution is 2.34. The maximum Gasteiger partial charge on any atom is 0.315 e. The van der Waals surface area contributed by atoms with Gasteiger partial charge in [-0.15, -0.1) is 10.2 Å². The molecular weight excluding hydrogens is 1960 g/mol. The van der Waals surface area contributed by atoms with Crippen molar-refractivity contribution in [2.45, 2.75) is 264 Å².